The van der Waals surface area contributed by atoms with Crippen LogP contribution in [0.5, 0.6) is 0 Å². The summed E-state index contributed by atoms with van der Waals surface area (Å²) >= 11 is 0. The summed E-state index contributed by atoms with van der Waals surface area (Å²) in [6.07, 6.45) is 8.00. The molecule has 1 heterocycles. The van der Waals surface area contributed by atoms with Crippen LogP contribution >= 0.6 is 0 Å². The fourth-order valence-electron chi connectivity index (χ4n) is 3.20. The molecule has 2 aliphatic rings. The highest BCUT2D eigenvalue weighted by Crippen LogP contribution is 2.32. The van der Waals surface area contributed by atoms with Gasteiger partial charge < -0.3 is 5.73 Å². The normalized spacial score (nSPS) is 37.8. The summed E-state index contributed by atoms with van der Waals surface area (Å²) in [5.41, 5.74) is 6.74. The zero-order valence-electron chi connectivity index (χ0n) is 10.3. The van der Waals surface area contributed by atoms with E-state index in [9.17, 15) is 0 Å². The Morgan fingerprint density at radius 2 is 1.87 bits per heavy atom. The first-order valence-electron chi connectivity index (χ1n) is 6.58. The molecule has 0 radical (unpaired) electrons. The lowest BCUT2D eigenvalue weighted by Gasteiger charge is -2.31. The van der Waals surface area contributed by atoms with Gasteiger partial charge in [0.15, 0.2) is 0 Å². The minimum atomic E-state index is 0.450. The molecule has 1 aliphatic carbocycles. The Morgan fingerprint density at radius 1 is 1.07 bits per heavy atom. The molecule has 2 atom stereocenters. The molecule has 2 unspecified atom stereocenters. The molecular formula is C13H26N2. The van der Waals surface area contributed by atoms with Crippen molar-refractivity contribution >= 4 is 0 Å². The Morgan fingerprint density at radius 3 is 2.53 bits per heavy atom. The monoisotopic (exact) mass is 210 g/mol. The van der Waals surface area contributed by atoms with Crippen molar-refractivity contribution in [1.82, 2.24) is 4.90 Å². The second kappa shape index (κ2) is 4.42. The van der Waals surface area contributed by atoms with Gasteiger partial charge in [0.2, 0.25) is 0 Å². The van der Waals surface area contributed by atoms with Crippen LogP contribution < -0.4 is 5.73 Å². The van der Waals surface area contributed by atoms with Crippen LogP contribution in [0, 0.1) is 5.41 Å². The molecule has 0 aromatic rings. The third kappa shape index (κ3) is 2.73. The van der Waals surface area contributed by atoms with E-state index in [2.05, 4.69) is 18.7 Å². The van der Waals surface area contributed by atoms with Gasteiger partial charge in [0.05, 0.1) is 0 Å². The summed E-state index contributed by atoms with van der Waals surface area (Å²) in [6.45, 7) is 7.36. The molecular weight excluding hydrogens is 184 g/mol. The highest BCUT2D eigenvalue weighted by molar-refractivity contribution is 4.90. The van der Waals surface area contributed by atoms with E-state index in [-0.39, 0.29) is 0 Å². The van der Waals surface area contributed by atoms with Crippen LogP contribution in [0.1, 0.15) is 52.4 Å². The highest BCUT2D eigenvalue weighted by Gasteiger charge is 2.32. The van der Waals surface area contributed by atoms with E-state index in [0.717, 1.165) is 0 Å². The molecule has 88 valence electrons. The van der Waals surface area contributed by atoms with Gasteiger partial charge in [0.1, 0.15) is 0 Å². The second-order valence-electron chi connectivity index (χ2n) is 6.22. The fourth-order valence-corrected chi connectivity index (χ4v) is 3.20. The number of nitrogens with zero attached hydrogens (tertiary/aromatic N) is 1. The zero-order chi connectivity index (χ0) is 10.9. The lowest BCUT2D eigenvalue weighted by Crippen LogP contribution is -2.44. The van der Waals surface area contributed by atoms with Gasteiger partial charge >= 0.3 is 0 Å². The van der Waals surface area contributed by atoms with Crippen LogP contribution in [0.2, 0.25) is 0 Å². The smallest absolute Gasteiger partial charge is 0.0247 e. The average Bonchev–Trinajstić information content (AvgIpc) is 2.49. The number of likely N-dealkylation sites (tertiary alicyclic amines) is 1. The Labute approximate surface area is 94.2 Å². The van der Waals surface area contributed by atoms with Crippen molar-refractivity contribution in [3.63, 3.8) is 0 Å². The van der Waals surface area contributed by atoms with Crippen molar-refractivity contribution in [3.8, 4) is 0 Å². The summed E-state index contributed by atoms with van der Waals surface area (Å²) in [5, 5.41) is 0. The maximum absolute atomic E-state index is 6.19. The molecule has 0 spiro atoms. The molecule has 2 fully saturated rings. The largest absolute Gasteiger partial charge is 0.326 e. The third-order valence-electron chi connectivity index (χ3n) is 4.38. The van der Waals surface area contributed by atoms with Gasteiger partial charge in [-0.1, -0.05) is 20.3 Å². The van der Waals surface area contributed by atoms with E-state index in [1.807, 2.05) is 0 Å². The molecule has 1 aliphatic heterocycles. The lowest BCUT2D eigenvalue weighted by atomic mass is 9.85. The van der Waals surface area contributed by atoms with Crippen LogP contribution in [-0.2, 0) is 0 Å². The number of hydrogen-bond acceptors (Lipinski definition) is 2. The zero-order valence-corrected chi connectivity index (χ0v) is 10.3. The van der Waals surface area contributed by atoms with Crippen molar-refractivity contribution in [2.75, 3.05) is 13.1 Å². The summed E-state index contributed by atoms with van der Waals surface area (Å²) in [6, 6.07) is 1.14. The Hall–Kier alpha value is -0.0800. The van der Waals surface area contributed by atoms with Gasteiger partial charge in [-0.15, -0.1) is 0 Å². The lowest BCUT2D eigenvalue weighted by molar-refractivity contribution is 0.184. The maximum Gasteiger partial charge on any atom is 0.0247 e. The quantitative estimate of drug-likeness (QED) is 0.720. The van der Waals surface area contributed by atoms with Crippen LogP contribution in [0.3, 0.4) is 0 Å². The summed E-state index contributed by atoms with van der Waals surface area (Å²) in [4.78, 5) is 2.67. The van der Waals surface area contributed by atoms with Crippen molar-refractivity contribution < 1.29 is 0 Å². The molecule has 1 saturated heterocycles. The molecule has 2 rings (SSSR count). The second-order valence-corrected chi connectivity index (χ2v) is 6.22. The highest BCUT2D eigenvalue weighted by atomic mass is 15.2. The van der Waals surface area contributed by atoms with Crippen molar-refractivity contribution in [3.05, 3.63) is 0 Å². The topological polar surface area (TPSA) is 29.3 Å². The standard InChI is InChI=1S/C13H26N2/c1-13(2)7-4-9-15(10-8-13)12-6-3-5-11(12)14/h11-12H,3-10,14H2,1-2H3. The van der Waals surface area contributed by atoms with E-state index < -0.39 is 0 Å². The first-order chi connectivity index (χ1) is 7.08. The minimum absolute atomic E-state index is 0.450. The Bertz CT molecular complexity index is 213. The van der Waals surface area contributed by atoms with Gasteiger partial charge in [-0.3, -0.25) is 4.90 Å². The van der Waals surface area contributed by atoms with Crippen molar-refractivity contribution in [2.45, 2.75) is 64.5 Å². The van der Waals surface area contributed by atoms with Gasteiger partial charge in [-0.05, 0) is 50.6 Å². The molecule has 2 heteroatoms. The van der Waals surface area contributed by atoms with Crippen LogP contribution in [0.4, 0.5) is 0 Å². The SMILES string of the molecule is CC1(C)CCCN(C2CCCC2N)CC1. The van der Waals surface area contributed by atoms with Gasteiger partial charge in [-0.2, -0.15) is 0 Å². The van der Waals surface area contributed by atoms with E-state index in [1.165, 1.54) is 51.6 Å². The van der Waals surface area contributed by atoms with Gasteiger partial charge in [0, 0.05) is 12.1 Å². The summed E-state index contributed by atoms with van der Waals surface area (Å²) in [7, 11) is 0. The molecule has 0 aromatic heterocycles. The predicted octanol–water partition coefficient (Wildman–Crippen LogP) is 2.38. The summed E-state index contributed by atoms with van der Waals surface area (Å²) in [5.74, 6) is 0. The van der Waals surface area contributed by atoms with Crippen LogP contribution in [0.25, 0.3) is 0 Å². The third-order valence-corrected chi connectivity index (χ3v) is 4.38. The molecule has 2 N–H and O–H groups in total. The van der Waals surface area contributed by atoms with Crippen LogP contribution in [-0.4, -0.2) is 30.1 Å². The number of hydrogen-bond donors (Lipinski definition) is 1. The molecule has 0 bridgehead atoms. The van der Waals surface area contributed by atoms with E-state index in [4.69, 9.17) is 5.73 Å². The van der Waals surface area contributed by atoms with Crippen LogP contribution in [0.15, 0.2) is 0 Å². The minimum Gasteiger partial charge on any atom is -0.326 e. The first kappa shape index (κ1) is 11.4. The first-order valence-corrected chi connectivity index (χ1v) is 6.58. The molecule has 2 nitrogen and oxygen atoms in total. The number of nitrogens with two attached hydrogens (primary N) is 1. The average molecular weight is 210 g/mol. The molecule has 15 heavy (non-hydrogen) atoms. The molecule has 0 amide bonds. The van der Waals surface area contributed by atoms with Gasteiger partial charge in [0.25, 0.3) is 0 Å². The fraction of sp³-hybridized carbons (Fsp3) is 1.00. The summed E-state index contributed by atoms with van der Waals surface area (Å²) < 4.78 is 0. The predicted molar refractivity (Wildman–Crippen MR) is 64.8 cm³/mol. The molecule has 0 aromatic carbocycles. The van der Waals surface area contributed by atoms with Gasteiger partial charge in [-0.25, -0.2) is 0 Å². The number of rotatable bonds is 1. The van der Waals surface area contributed by atoms with E-state index >= 15 is 0 Å². The van der Waals surface area contributed by atoms with Crippen molar-refractivity contribution in [1.29, 1.82) is 0 Å². The van der Waals surface area contributed by atoms with Crippen molar-refractivity contribution in [2.24, 2.45) is 11.1 Å². The Kier molecular flexibility index (Phi) is 3.36. The van der Waals surface area contributed by atoms with E-state index in [0.29, 0.717) is 17.5 Å². The Balaban J connectivity index is 1.93. The molecule has 1 saturated carbocycles. The maximum atomic E-state index is 6.19. The van der Waals surface area contributed by atoms with E-state index in [1.54, 1.807) is 0 Å².